The highest BCUT2D eigenvalue weighted by molar-refractivity contribution is 7.18. The molecule has 0 amide bonds. The molecule has 3 aromatic heterocycles. The molecule has 1 atom stereocenters. The number of nitrogens with one attached hydrogen (secondary N) is 2. The predicted molar refractivity (Wildman–Crippen MR) is 130 cm³/mol. The molecule has 1 saturated heterocycles. The van der Waals surface area contributed by atoms with Gasteiger partial charge >= 0.3 is 0 Å². The number of likely N-dealkylation sites (tertiary alicyclic amines) is 1. The van der Waals surface area contributed by atoms with Gasteiger partial charge in [-0.3, -0.25) is 9.88 Å². The monoisotopic (exact) mass is 466 g/mol. The van der Waals surface area contributed by atoms with Crippen LogP contribution in [0.5, 0.6) is 0 Å². The van der Waals surface area contributed by atoms with Gasteiger partial charge in [0.15, 0.2) is 10.9 Å². The molecule has 5 rings (SSSR count). The first-order chi connectivity index (χ1) is 16.1. The van der Waals surface area contributed by atoms with Crippen LogP contribution in [0.25, 0.3) is 10.6 Å². The van der Waals surface area contributed by atoms with Crippen molar-refractivity contribution >= 4 is 28.2 Å². The Bertz CT molecular complexity index is 1070. The highest BCUT2D eigenvalue weighted by atomic mass is 32.1. The summed E-state index contributed by atoms with van der Waals surface area (Å²) >= 11 is 1.53. The van der Waals surface area contributed by atoms with E-state index in [0.717, 1.165) is 40.1 Å². The number of rotatable bonds is 7. The number of aliphatic hydroxyl groups is 1. The molecule has 0 bridgehead atoms. The largest absolute Gasteiger partial charge is 0.392 e. The maximum atomic E-state index is 9.67. The topological polar surface area (TPSA) is 112 Å². The third-order valence-corrected chi connectivity index (χ3v) is 7.06. The smallest absolute Gasteiger partial charge is 0.223 e. The van der Waals surface area contributed by atoms with E-state index in [2.05, 4.69) is 35.5 Å². The van der Waals surface area contributed by atoms with E-state index in [0.29, 0.717) is 30.9 Å². The van der Waals surface area contributed by atoms with Gasteiger partial charge in [0.1, 0.15) is 0 Å². The van der Waals surface area contributed by atoms with E-state index in [1.807, 2.05) is 19.2 Å². The molecule has 0 radical (unpaired) electrons. The van der Waals surface area contributed by atoms with Crippen molar-refractivity contribution in [3.8, 4) is 10.6 Å². The van der Waals surface area contributed by atoms with Gasteiger partial charge in [-0.05, 0) is 32.3 Å². The number of aliphatic hydroxyl groups excluding tert-OH is 1. The fraction of sp³-hybridized carbons (Fsp3) is 0.522. The van der Waals surface area contributed by atoms with Gasteiger partial charge in [-0.15, -0.1) is 0 Å². The minimum absolute atomic E-state index is 0.226. The summed E-state index contributed by atoms with van der Waals surface area (Å²) in [7, 11) is 0. The molecule has 2 fully saturated rings. The molecular formula is C23H30N8OS. The normalized spacial score (nSPS) is 19.6. The summed E-state index contributed by atoms with van der Waals surface area (Å²) in [5.74, 6) is 1.35. The van der Waals surface area contributed by atoms with Crippen LogP contribution < -0.4 is 10.6 Å². The summed E-state index contributed by atoms with van der Waals surface area (Å²) in [6, 6.07) is 2.46. The molecule has 2 aliphatic rings. The number of anilines is 3. The predicted octanol–water partition coefficient (Wildman–Crippen LogP) is 3.75. The van der Waals surface area contributed by atoms with Gasteiger partial charge in [-0.2, -0.15) is 0 Å². The Morgan fingerprint density at radius 1 is 1.06 bits per heavy atom. The first-order valence-electron chi connectivity index (χ1n) is 11.7. The van der Waals surface area contributed by atoms with Crippen LogP contribution in [0.15, 0.2) is 24.7 Å². The lowest BCUT2D eigenvalue weighted by Gasteiger charge is -2.22. The second-order valence-corrected chi connectivity index (χ2v) is 9.95. The quantitative estimate of drug-likeness (QED) is 0.479. The summed E-state index contributed by atoms with van der Waals surface area (Å²) in [6.07, 6.45) is 12.2. The van der Waals surface area contributed by atoms with E-state index < -0.39 is 0 Å². The van der Waals surface area contributed by atoms with Crippen LogP contribution in [-0.4, -0.2) is 60.2 Å². The number of β-amino-alcohol motifs (C(OH)–C–C–N with tert-alkyl or cyclic N) is 1. The summed E-state index contributed by atoms with van der Waals surface area (Å²) < 4.78 is 0. The Kier molecular flexibility index (Phi) is 6.75. The van der Waals surface area contributed by atoms with Crippen LogP contribution in [0.1, 0.15) is 49.9 Å². The number of aromatic nitrogens is 5. The van der Waals surface area contributed by atoms with Crippen molar-refractivity contribution in [1.29, 1.82) is 0 Å². The zero-order valence-corrected chi connectivity index (χ0v) is 19.7. The zero-order valence-electron chi connectivity index (χ0n) is 18.9. The molecule has 10 heteroatoms. The number of hydrogen-bond acceptors (Lipinski definition) is 10. The van der Waals surface area contributed by atoms with Crippen molar-refractivity contribution in [2.45, 2.75) is 64.1 Å². The molecule has 0 unspecified atom stereocenters. The Hall–Kier alpha value is -2.69. The van der Waals surface area contributed by atoms with Crippen LogP contribution in [0, 0.1) is 6.92 Å². The SMILES string of the molecule is Cc1cc(-c2cnc(Nc3cnc(CN4CC[C@H](O)C4)cn3)s2)nc(NC2CCCCC2)n1. The highest BCUT2D eigenvalue weighted by Crippen LogP contribution is 2.30. The van der Waals surface area contributed by atoms with Crippen LogP contribution in [0.3, 0.4) is 0 Å². The fourth-order valence-electron chi connectivity index (χ4n) is 4.43. The second kappa shape index (κ2) is 10.1. The molecule has 174 valence electrons. The van der Waals surface area contributed by atoms with E-state index in [1.54, 1.807) is 12.4 Å². The third-order valence-electron chi connectivity index (χ3n) is 6.12. The van der Waals surface area contributed by atoms with Gasteiger partial charge in [0.25, 0.3) is 0 Å². The maximum Gasteiger partial charge on any atom is 0.223 e. The molecule has 3 N–H and O–H groups in total. The number of nitrogens with zero attached hydrogens (tertiary/aromatic N) is 6. The van der Waals surface area contributed by atoms with Crippen molar-refractivity contribution in [2.75, 3.05) is 23.7 Å². The van der Waals surface area contributed by atoms with Crippen LogP contribution >= 0.6 is 11.3 Å². The number of aryl methyl sites for hydroxylation is 1. The lowest BCUT2D eigenvalue weighted by atomic mass is 9.96. The van der Waals surface area contributed by atoms with E-state index in [-0.39, 0.29) is 6.10 Å². The van der Waals surface area contributed by atoms with Gasteiger partial charge < -0.3 is 15.7 Å². The van der Waals surface area contributed by atoms with Crippen LogP contribution in [0.4, 0.5) is 16.9 Å². The van der Waals surface area contributed by atoms with E-state index in [1.165, 1.54) is 43.4 Å². The zero-order chi connectivity index (χ0) is 22.6. The number of thiazole rings is 1. The average Bonchev–Trinajstić information content (AvgIpc) is 3.44. The first-order valence-corrected chi connectivity index (χ1v) is 12.5. The minimum atomic E-state index is -0.226. The molecule has 1 aliphatic carbocycles. The lowest BCUT2D eigenvalue weighted by Crippen LogP contribution is -2.23. The van der Waals surface area contributed by atoms with Gasteiger partial charge in [-0.25, -0.2) is 19.9 Å². The average molecular weight is 467 g/mol. The molecule has 1 aliphatic heterocycles. The Morgan fingerprint density at radius 3 is 2.70 bits per heavy atom. The Balaban J connectivity index is 1.23. The van der Waals surface area contributed by atoms with E-state index in [4.69, 9.17) is 4.98 Å². The molecule has 4 heterocycles. The molecule has 1 saturated carbocycles. The van der Waals surface area contributed by atoms with Gasteiger partial charge in [0.2, 0.25) is 5.95 Å². The van der Waals surface area contributed by atoms with Crippen molar-refractivity contribution in [1.82, 2.24) is 29.8 Å². The molecule has 9 nitrogen and oxygen atoms in total. The molecule has 0 aromatic carbocycles. The standard InChI is InChI=1S/C23H30N8OS/c1-15-9-19(29-22(27-15)28-16-5-3-2-4-6-16)20-11-26-23(33-20)30-21-12-24-17(10-25-21)13-31-8-7-18(32)14-31/h9-12,16,18,32H,2-8,13-14H2,1H3,(H,25,26,30)(H,27,28,29)/t18-/m0/s1. The fourth-order valence-corrected chi connectivity index (χ4v) is 5.22. The molecule has 33 heavy (non-hydrogen) atoms. The maximum absolute atomic E-state index is 9.67. The summed E-state index contributed by atoms with van der Waals surface area (Å²) in [5.41, 5.74) is 2.71. The van der Waals surface area contributed by atoms with Crippen LogP contribution in [0.2, 0.25) is 0 Å². The molecular weight excluding hydrogens is 436 g/mol. The number of hydrogen-bond donors (Lipinski definition) is 3. The third kappa shape index (κ3) is 5.82. The summed E-state index contributed by atoms with van der Waals surface area (Å²) in [6.45, 7) is 4.29. The Morgan fingerprint density at radius 2 is 1.94 bits per heavy atom. The van der Waals surface area contributed by atoms with Gasteiger partial charge in [0, 0.05) is 37.6 Å². The van der Waals surface area contributed by atoms with Gasteiger partial charge in [0.05, 0.1) is 34.8 Å². The van der Waals surface area contributed by atoms with Crippen molar-refractivity contribution < 1.29 is 5.11 Å². The van der Waals surface area contributed by atoms with Crippen molar-refractivity contribution in [2.24, 2.45) is 0 Å². The van der Waals surface area contributed by atoms with Crippen molar-refractivity contribution in [3.63, 3.8) is 0 Å². The van der Waals surface area contributed by atoms with E-state index in [9.17, 15) is 5.11 Å². The molecule has 3 aromatic rings. The second-order valence-electron chi connectivity index (χ2n) is 8.92. The first kappa shape index (κ1) is 22.1. The van der Waals surface area contributed by atoms with Crippen molar-refractivity contribution in [3.05, 3.63) is 36.0 Å². The lowest BCUT2D eigenvalue weighted by molar-refractivity contribution is 0.174. The Labute approximate surface area is 197 Å². The van der Waals surface area contributed by atoms with E-state index >= 15 is 0 Å². The van der Waals surface area contributed by atoms with Gasteiger partial charge in [-0.1, -0.05) is 30.6 Å². The highest BCUT2D eigenvalue weighted by Gasteiger charge is 2.20. The summed E-state index contributed by atoms with van der Waals surface area (Å²) in [5, 5.41) is 17.2. The molecule has 0 spiro atoms. The van der Waals surface area contributed by atoms with Crippen LogP contribution in [-0.2, 0) is 6.54 Å². The summed E-state index contributed by atoms with van der Waals surface area (Å²) in [4.78, 5) is 26.0. The minimum Gasteiger partial charge on any atom is -0.392 e.